The fraction of sp³-hybridized carbons (Fsp3) is 0.385. The molecule has 1 amide bonds. The minimum atomic E-state index is -1.09. The van der Waals surface area contributed by atoms with Gasteiger partial charge in [-0.05, 0) is 25.5 Å². The number of carbonyl (C=O) groups is 2. The van der Waals surface area contributed by atoms with E-state index in [2.05, 4.69) is 5.32 Å². The minimum Gasteiger partial charge on any atom is -0.466 e. The molecule has 1 aromatic carbocycles. The molecular formula is C13H16F2N2O3. The summed E-state index contributed by atoms with van der Waals surface area (Å²) in [7, 11) is 0. The van der Waals surface area contributed by atoms with Crippen molar-refractivity contribution >= 4 is 17.6 Å². The molecule has 110 valence electrons. The Bertz CT molecular complexity index is 507. The maximum atomic E-state index is 13.6. The number of benzene rings is 1. The summed E-state index contributed by atoms with van der Waals surface area (Å²) in [5.41, 5.74) is 4.25. The number of hydrogen-bond donors (Lipinski definition) is 2. The van der Waals surface area contributed by atoms with E-state index in [0.717, 1.165) is 12.1 Å². The Morgan fingerprint density at radius 1 is 1.35 bits per heavy atom. The topological polar surface area (TPSA) is 81.4 Å². The molecule has 0 unspecified atom stereocenters. The number of carbonyl (C=O) groups excluding carboxylic acids is 2. The van der Waals surface area contributed by atoms with Crippen LogP contribution < -0.4 is 11.1 Å². The van der Waals surface area contributed by atoms with Crippen molar-refractivity contribution in [2.45, 2.75) is 19.8 Å². The zero-order chi connectivity index (χ0) is 15.1. The Hall–Kier alpha value is -2.18. The van der Waals surface area contributed by atoms with Crippen molar-refractivity contribution in [1.82, 2.24) is 5.32 Å². The second-order valence-electron chi connectivity index (χ2n) is 3.99. The van der Waals surface area contributed by atoms with Gasteiger partial charge in [-0.15, -0.1) is 0 Å². The fourth-order valence-corrected chi connectivity index (χ4v) is 1.53. The first-order valence-electron chi connectivity index (χ1n) is 6.14. The van der Waals surface area contributed by atoms with Gasteiger partial charge in [0.05, 0.1) is 12.3 Å². The SMILES string of the molecule is CCOC(=O)CCCNC(=O)c1c(F)ccc(N)c1F. The van der Waals surface area contributed by atoms with Gasteiger partial charge in [0.25, 0.3) is 5.91 Å². The summed E-state index contributed by atoms with van der Waals surface area (Å²) in [5.74, 6) is -3.37. The van der Waals surface area contributed by atoms with Gasteiger partial charge in [-0.3, -0.25) is 9.59 Å². The first-order valence-corrected chi connectivity index (χ1v) is 6.14. The molecule has 0 heterocycles. The average Bonchev–Trinajstić information content (AvgIpc) is 2.40. The van der Waals surface area contributed by atoms with Gasteiger partial charge in [-0.1, -0.05) is 0 Å². The number of hydrogen-bond acceptors (Lipinski definition) is 4. The van der Waals surface area contributed by atoms with Crippen LogP contribution >= 0.6 is 0 Å². The van der Waals surface area contributed by atoms with Gasteiger partial charge in [0.2, 0.25) is 0 Å². The highest BCUT2D eigenvalue weighted by molar-refractivity contribution is 5.95. The Labute approximate surface area is 115 Å². The second kappa shape index (κ2) is 7.42. The Balaban J connectivity index is 2.52. The van der Waals surface area contributed by atoms with E-state index in [-0.39, 0.29) is 31.2 Å². The van der Waals surface area contributed by atoms with Crippen LogP contribution in [0.2, 0.25) is 0 Å². The molecule has 1 aromatic rings. The summed E-state index contributed by atoms with van der Waals surface area (Å²) in [6.07, 6.45) is 0.437. The summed E-state index contributed by atoms with van der Waals surface area (Å²) < 4.78 is 31.6. The van der Waals surface area contributed by atoms with Gasteiger partial charge in [0.1, 0.15) is 11.4 Å². The summed E-state index contributed by atoms with van der Waals surface area (Å²) in [5, 5.41) is 2.32. The number of nitrogens with two attached hydrogens (primary N) is 1. The van der Waals surface area contributed by atoms with Crippen LogP contribution in [0, 0.1) is 11.6 Å². The van der Waals surface area contributed by atoms with Crippen molar-refractivity contribution in [3.63, 3.8) is 0 Å². The van der Waals surface area contributed by atoms with Crippen LogP contribution in [0.3, 0.4) is 0 Å². The first kappa shape index (κ1) is 15.9. The fourth-order valence-electron chi connectivity index (χ4n) is 1.53. The van der Waals surface area contributed by atoms with Crippen LogP contribution in [0.15, 0.2) is 12.1 Å². The molecule has 0 spiro atoms. The minimum absolute atomic E-state index is 0.103. The van der Waals surface area contributed by atoms with E-state index in [4.69, 9.17) is 10.5 Å². The third-order valence-electron chi connectivity index (χ3n) is 2.50. The quantitative estimate of drug-likeness (QED) is 0.473. The molecule has 5 nitrogen and oxygen atoms in total. The molecule has 0 bridgehead atoms. The monoisotopic (exact) mass is 286 g/mol. The summed E-state index contributed by atoms with van der Waals surface area (Å²) >= 11 is 0. The van der Waals surface area contributed by atoms with E-state index >= 15 is 0 Å². The lowest BCUT2D eigenvalue weighted by Crippen LogP contribution is -2.27. The molecule has 0 atom stereocenters. The first-order chi connectivity index (χ1) is 9.47. The molecule has 3 N–H and O–H groups in total. The number of rotatable bonds is 6. The maximum Gasteiger partial charge on any atom is 0.305 e. The zero-order valence-electron chi connectivity index (χ0n) is 11.0. The van der Waals surface area contributed by atoms with Gasteiger partial charge >= 0.3 is 5.97 Å². The standard InChI is InChI=1S/C13H16F2N2O3/c1-2-20-10(18)4-3-7-17-13(19)11-8(14)5-6-9(16)12(11)15/h5-6H,2-4,7,16H2,1H3,(H,17,19). The van der Waals surface area contributed by atoms with Crippen LogP contribution in [0.4, 0.5) is 14.5 Å². The highest BCUT2D eigenvalue weighted by Gasteiger charge is 2.19. The van der Waals surface area contributed by atoms with E-state index in [9.17, 15) is 18.4 Å². The van der Waals surface area contributed by atoms with Gasteiger partial charge in [-0.25, -0.2) is 8.78 Å². The van der Waals surface area contributed by atoms with Crippen LogP contribution in [0.1, 0.15) is 30.1 Å². The van der Waals surface area contributed by atoms with Gasteiger partial charge in [0.15, 0.2) is 5.82 Å². The third-order valence-corrected chi connectivity index (χ3v) is 2.50. The van der Waals surface area contributed by atoms with E-state index in [0.29, 0.717) is 6.42 Å². The molecule has 0 saturated carbocycles. The average molecular weight is 286 g/mol. The van der Waals surface area contributed by atoms with E-state index in [1.807, 2.05) is 0 Å². The molecule has 0 radical (unpaired) electrons. The lowest BCUT2D eigenvalue weighted by molar-refractivity contribution is -0.143. The maximum absolute atomic E-state index is 13.6. The number of nitrogens with one attached hydrogen (secondary N) is 1. The predicted molar refractivity (Wildman–Crippen MR) is 69.0 cm³/mol. The molecule has 0 aromatic heterocycles. The molecular weight excluding hydrogens is 270 g/mol. The summed E-state index contributed by atoms with van der Waals surface area (Å²) in [4.78, 5) is 22.7. The van der Waals surface area contributed by atoms with E-state index in [1.54, 1.807) is 6.92 Å². The number of nitrogen functional groups attached to an aromatic ring is 1. The number of amides is 1. The van der Waals surface area contributed by atoms with Gasteiger partial charge in [0, 0.05) is 13.0 Å². The van der Waals surface area contributed by atoms with Crippen LogP contribution in [-0.4, -0.2) is 25.0 Å². The van der Waals surface area contributed by atoms with Crippen LogP contribution in [0.5, 0.6) is 0 Å². The van der Waals surface area contributed by atoms with E-state index in [1.165, 1.54) is 0 Å². The molecule has 0 aliphatic heterocycles. The van der Waals surface area contributed by atoms with Gasteiger partial charge < -0.3 is 15.8 Å². The number of anilines is 1. The smallest absolute Gasteiger partial charge is 0.305 e. The molecule has 1 rings (SSSR count). The van der Waals surface area contributed by atoms with E-state index < -0.39 is 23.1 Å². The van der Waals surface area contributed by atoms with Crippen molar-refractivity contribution in [3.8, 4) is 0 Å². The third kappa shape index (κ3) is 4.18. The van der Waals surface area contributed by atoms with Crippen molar-refractivity contribution in [3.05, 3.63) is 29.3 Å². The normalized spacial score (nSPS) is 10.2. The summed E-state index contributed by atoms with van der Waals surface area (Å²) in [6, 6.07) is 1.97. The van der Waals surface area contributed by atoms with Gasteiger partial charge in [-0.2, -0.15) is 0 Å². The lowest BCUT2D eigenvalue weighted by Gasteiger charge is -2.08. The molecule has 0 aliphatic carbocycles. The van der Waals surface area contributed by atoms with Crippen molar-refractivity contribution in [2.24, 2.45) is 0 Å². The molecule has 0 aliphatic rings. The summed E-state index contributed by atoms with van der Waals surface area (Å²) in [6.45, 7) is 2.07. The second-order valence-corrected chi connectivity index (χ2v) is 3.99. The molecule has 20 heavy (non-hydrogen) atoms. The molecule has 0 fully saturated rings. The van der Waals surface area contributed by atoms with Crippen molar-refractivity contribution in [1.29, 1.82) is 0 Å². The van der Waals surface area contributed by atoms with Crippen molar-refractivity contribution < 1.29 is 23.1 Å². The largest absolute Gasteiger partial charge is 0.466 e. The lowest BCUT2D eigenvalue weighted by atomic mass is 10.1. The Kier molecular flexibility index (Phi) is 5.89. The highest BCUT2D eigenvalue weighted by Crippen LogP contribution is 2.18. The van der Waals surface area contributed by atoms with Crippen LogP contribution in [0.25, 0.3) is 0 Å². The number of ether oxygens (including phenoxy) is 1. The van der Waals surface area contributed by atoms with Crippen molar-refractivity contribution in [2.75, 3.05) is 18.9 Å². The highest BCUT2D eigenvalue weighted by atomic mass is 19.1. The van der Waals surface area contributed by atoms with Crippen LogP contribution in [-0.2, 0) is 9.53 Å². The number of halogens is 2. The molecule has 7 heteroatoms. The predicted octanol–water partition coefficient (Wildman–Crippen LogP) is 1.62. The Morgan fingerprint density at radius 3 is 2.70 bits per heavy atom. The molecule has 0 saturated heterocycles. The number of esters is 1. The zero-order valence-corrected chi connectivity index (χ0v) is 11.0. The Morgan fingerprint density at radius 2 is 2.05 bits per heavy atom.